The molecule has 1 amide bonds. The summed E-state index contributed by atoms with van der Waals surface area (Å²) < 4.78 is 20.8. The molecular weight excluding hydrogens is 435 g/mol. The third-order valence-corrected chi connectivity index (χ3v) is 6.21. The summed E-state index contributed by atoms with van der Waals surface area (Å²) in [5.74, 6) is -0.00297. The maximum absolute atomic E-state index is 13.4. The van der Waals surface area contributed by atoms with Crippen LogP contribution in [0.15, 0.2) is 70.7 Å². The van der Waals surface area contributed by atoms with Gasteiger partial charge in [-0.25, -0.2) is 14.4 Å². The minimum atomic E-state index is -0.539. The van der Waals surface area contributed by atoms with Gasteiger partial charge in [-0.2, -0.15) is 4.99 Å². The van der Waals surface area contributed by atoms with Gasteiger partial charge in [0.15, 0.2) is 5.58 Å². The minimum Gasteiger partial charge on any atom is -0.354 e. The van der Waals surface area contributed by atoms with E-state index in [1.54, 1.807) is 24.7 Å². The highest BCUT2D eigenvalue weighted by Gasteiger charge is 2.39. The maximum atomic E-state index is 13.4. The van der Waals surface area contributed by atoms with E-state index in [-0.39, 0.29) is 11.7 Å². The SMILES string of the molecule is Cc1cn(-c2ccc(/C=C/C3=NC(=O)C(c4ccc(F)cc4)N4CCCN34)c3cnoc23)cn1. The molecule has 1 atom stereocenters. The van der Waals surface area contributed by atoms with Crippen LogP contribution in [-0.4, -0.2) is 49.6 Å². The number of hydrogen-bond donors (Lipinski definition) is 0. The van der Waals surface area contributed by atoms with Crippen LogP contribution in [0.25, 0.3) is 22.7 Å². The topological polar surface area (TPSA) is 79.8 Å². The van der Waals surface area contributed by atoms with Crippen LogP contribution in [-0.2, 0) is 4.79 Å². The van der Waals surface area contributed by atoms with Gasteiger partial charge in [-0.3, -0.25) is 9.80 Å². The predicted octanol–water partition coefficient (Wildman–Crippen LogP) is 4.08. The van der Waals surface area contributed by atoms with E-state index in [2.05, 4.69) is 15.1 Å². The molecule has 34 heavy (non-hydrogen) atoms. The summed E-state index contributed by atoms with van der Waals surface area (Å²) in [5.41, 5.74) is 4.05. The maximum Gasteiger partial charge on any atom is 0.271 e. The Kier molecular flexibility index (Phi) is 4.84. The number of carbonyl (C=O) groups excluding carboxylic acids is 1. The van der Waals surface area contributed by atoms with Gasteiger partial charge in [-0.05, 0) is 48.7 Å². The van der Waals surface area contributed by atoms with Gasteiger partial charge >= 0.3 is 0 Å². The van der Waals surface area contributed by atoms with Gasteiger partial charge in [-0.1, -0.05) is 29.4 Å². The first-order valence-electron chi connectivity index (χ1n) is 11.1. The fraction of sp³-hybridized carbons (Fsp3) is 0.200. The molecule has 8 nitrogen and oxygen atoms in total. The number of fused-ring (bicyclic) bond motifs is 2. The normalized spacial score (nSPS) is 18.8. The molecule has 0 saturated carbocycles. The third kappa shape index (κ3) is 3.41. The summed E-state index contributed by atoms with van der Waals surface area (Å²) in [6.45, 7) is 3.42. The van der Waals surface area contributed by atoms with Crippen molar-refractivity contribution < 1.29 is 13.7 Å². The van der Waals surface area contributed by atoms with Crippen LogP contribution >= 0.6 is 0 Å². The molecular formula is C25H21FN6O2. The molecule has 2 aliphatic rings. The number of benzene rings is 2. The van der Waals surface area contributed by atoms with Gasteiger partial charge in [0.25, 0.3) is 5.91 Å². The molecule has 1 unspecified atom stereocenters. The Morgan fingerprint density at radius 3 is 2.76 bits per heavy atom. The van der Waals surface area contributed by atoms with Crippen molar-refractivity contribution in [2.45, 2.75) is 19.4 Å². The second kappa shape index (κ2) is 8.03. The number of aromatic nitrogens is 3. The number of carbonyl (C=O) groups is 1. The Bertz CT molecular complexity index is 1450. The van der Waals surface area contributed by atoms with E-state index >= 15 is 0 Å². The Balaban J connectivity index is 1.33. The summed E-state index contributed by atoms with van der Waals surface area (Å²) >= 11 is 0. The molecule has 4 heterocycles. The zero-order valence-electron chi connectivity index (χ0n) is 18.4. The number of halogens is 1. The zero-order chi connectivity index (χ0) is 23.2. The van der Waals surface area contributed by atoms with Gasteiger partial charge in [0, 0.05) is 19.3 Å². The number of rotatable bonds is 4. The number of amidine groups is 1. The molecule has 1 saturated heterocycles. The fourth-order valence-corrected chi connectivity index (χ4v) is 4.62. The fourth-order valence-electron chi connectivity index (χ4n) is 4.62. The highest BCUT2D eigenvalue weighted by atomic mass is 19.1. The van der Waals surface area contributed by atoms with Crippen LogP contribution in [0, 0.1) is 12.7 Å². The first kappa shape index (κ1) is 20.5. The molecule has 1 fully saturated rings. The molecule has 0 aliphatic carbocycles. The van der Waals surface area contributed by atoms with Gasteiger partial charge < -0.3 is 9.09 Å². The summed E-state index contributed by atoms with van der Waals surface area (Å²) in [4.78, 5) is 21.7. The van der Waals surface area contributed by atoms with Crippen molar-refractivity contribution in [3.63, 3.8) is 0 Å². The lowest BCUT2D eigenvalue weighted by Gasteiger charge is -2.38. The van der Waals surface area contributed by atoms with E-state index in [0.717, 1.165) is 47.4 Å². The molecule has 6 rings (SSSR count). The molecule has 2 aromatic carbocycles. The Morgan fingerprint density at radius 1 is 1.12 bits per heavy atom. The van der Waals surface area contributed by atoms with Crippen LogP contribution < -0.4 is 0 Å². The van der Waals surface area contributed by atoms with Crippen molar-refractivity contribution in [1.29, 1.82) is 0 Å². The average molecular weight is 456 g/mol. The lowest BCUT2D eigenvalue weighted by molar-refractivity contribution is -0.129. The molecule has 2 aliphatic heterocycles. The molecule has 9 heteroatoms. The van der Waals surface area contributed by atoms with Crippen LogP contribution in [0.3, 0.4) is 0 Å². The van der Waals surface area contributed by atoms with Crippen molar-refractivity contribution in [1.82, 2.24) is 24.7 Å². The van der Waals surface area contributed by atoms with Gasteiger partial charge in [-0.15, -0.1) is 0 Å². The van der Waals surface area contributed by atoms with E-state index in [9.17, 15) is 9.18 Å². The van der Waals surface area contributed by atoms with Crippen molar-refractivity contribution in [2.24, 2.45) is 4.99 Å². The monoisotopic (exact) mass is 456 g/mol. The number of amides is 1. The second-order valence-corrected chi connectivity index (χ2v) is 8.40. The van der Waals surface area contributed by atoms with E-state index in [0.29, 0.717) is 11.4 Å². The average Bonchev–Trinajstić information content (AvgIpc) is 3.59. The Hall–Kier alpha value is -4.11. The van der Waals surface area contributed by atoms with Crippen LogP contribution in [0.1, 0.15) is 29.3 Å². The molecule has 4 aromatic rings. The van der Waals surface area contributed by atoms with E-state index < -0.39 is 6.04 Å². The van der Waals surface area contributed by atoms with Crippen LogP contribution in [0.5, 0.6) is 0 Å². The Labute approximate surface area is 194 Å². The van der Waals surface area contributed by atoms with E-state index in [1.165, 1.54) is 12.1 Å². The second-order valence-electron chi connectivity index (χ2n) is 8.40. The van der Waals surface area contributed by atoms with Gasteiger partial charge in [0.2, 0.25) is 0 Å². The lowest BCUT2D eigenvalue weighted by atomic mass is 10.0. The van der Waals surface area contributed by atoms with Crippen molar-refractivity contribution >= 4 is 28.8 Å². The highest BCUT2D eigenvalue weighted by Crippen LogP contribution is 2.32. The molecule has 0 N–H and O–H groups in total. The first-order valence-corrected chi connectivity index (χ1v) is 11.1. The largest absolute Gasteiger partial charge is 0.354 e. The summed E-state index contributed by atoms with van der Waals surface area (Å²) in [5, 5.41) is 8.89. The van der Waals surface area contributed by atoms with Gasteiger partial charge in [0.1, 0.15) is 17.7 Å². The third-order valence-electron chi connectivity index (χ3n) is 6.21. The molecule has 0 bridgehead atoms. The first-order chi connectivity index (χ1) is 16.6. The van der Waals surface area contributed by atoms with Crippen molar-refractivity contribution in [2.75, 3.05) is 13.1 Å². The smallest absolute Gasteiger partial charge is 0.271 e. The molecule has 170 valence electrons. The number of aryl methyl sites for hydroxylation is 1. The number of imidazole rings is 1. The van der Waals surface area contributed by atoms with Crippen LogP contribution in [0.2, 0.25) is 0 Å². The van der Waals surface area contributed by atoms with Crippen molar-refractivity contribution in [3.05, 3.63) is 83.8 Å². The van der Waals surface area contributed by atoms with Gasteiger partial charge in [0.05, 0.1) is 29.3 Å². The summed E-state index contributed by atoms with van der Waals surface area (Å²) in [6.07, 6.45) is 10.0. The number of aliphatic imine (C=N–C) groups is 1. The van der Waals surface area contributed by atoms with Crippen molar-refractivity contribution in [3.8, 4) is 5.69 Å². The highest BCUT2D eigenvalue weighted by molar-refractivity contribution is 6.07. The predicted molar refractivity (Wildman–Crippen MR) is 125 cm³/mol. The summed E-state index contributed by atoms with van der Waals surface area (Å²) in [6, 6.07) is 9.45. The zero-order valence-corrected chi connectivity index (χ0v) is 18.4. The number of hydrazine groups is 1. The molecule has 0 spiro atoms. The van der Waals surface area contributed by atoms with Crippen LogP contribution in [0.4, 0.5) is 4.39 Å². The number of nitrogens with zero attached hydrogens (tertiary/aromatic N) is 6. The lowest BCUT2D eigenvalue weighted by Crippen LogP contribution is -2.49. The van der Waals surface area contributed by atoms with E-state index in [1.807, 2.05) is 52.0 Å². The summed E-state index contributed by atoms with van der Waals surface area (Å²) in [7, 11) is 0. The number of hydrogen-bond acceptors (Lipinski definition) is 6. The minimum absolute atomic E-state index is 0.259. The van der Waals surface area contributed by atoms with E-state index in [4.69, 9.17) is 4.52 Å². The Morgan fingerprint density at radius 2 is 1.97 bits per heavy atom. The molecule has 0 radical (unpaired) electrons. The standard InChI is InChI=1S/C25H21FN6O2/c1-16-14-30(15-27-16)21-9-5-17(20-13-28-34-24(20)21)6-10-22-29-25(33)23(32-12-2-11-31(22)32)18-3-7-19(26)8-4-18/h3-10,13-15,23H,2,11-12H2,1H3/b10-6+. The molecule has 2 aromatic heterocycles. The quantitative estimate of drug-likeness (QED) is 0.461.